The monoisotopic (exact) mass is 298 g/mol. The fourth-order valence-electron chi connectivity index (χ4n) is 2.87. The van der Waals surface area contributed by atoms with Crippen molar-refractivity contribution in [3.05, 3.63) is 48.2 Å². The maximum atomic E-state index is 10.4. The molecule has 0 bridgehead atoms. The van der Waals surface area contributed by atoms with E-state index in [0.29, 0.717) is 5.11 Å². The van der Waals surface area contributed by atoms with E-state index in [9.17, 15) is 5.11 Å². The number of benzene rings is 2. The van der Waals surface area contributed by atoms with Gasteiger partial charge in [-0.05, 0) is 50.5 Å². The fourth-order valence-corrected chi connectivity index (χ4v) is 3.37. The number of allylic oxidation sites excluding steroid dienone is 1. The van der Waals surface area contributed by atoms with Gasteiger partial charge >= 0.3 is 0 Å². The van der Waals surface area contributed by atoms with Gasteiger partial charge < -0.3 is 10.4 Å². The van der Waals surface area contributed by atoms with Gasteiger partial charge in [0.1, 0.15) is 5.75 Å². The van der Waals surface area contributed by atoms with Crippen molar-refractivity contribution >= 4 is 33.8 Å². The Balaban J connectivity index is 2.25. The first-order chi connectivity index (χ1) is 9.89. The smallest absolute Gasteiger partial charge is 0.178 e. The quantitative estimate of drug-likeness (QED) is 0.782. The van der Waals surface area contributed by atoms with Crippen molar-refractivity contribution in [3.63, 3.8) is 0 Å². The molecule has 0 aliphatic carbocycles. The zero-order valence-electron chi connectivity index (χ0n) is 12.3. The summed E-state index contributed by atoms with van der Waals surface area (Å²) < 4.78 is 0. The molecule has 21 heavy (non-hydrogen) atoms. The molecule has 0 saturated carbocycles. The lowest BCUT2D eigenvalue weighted by atomic mass is 10.0. The molecular weight excluding hydrogens is 280 g/mol. The van der Waals surface area contributed by atoms with Gasteiger partial charge in [-0.3, -0.25) is 4.90 Å². The van der Waals surface area contributed by atoms with Crippen LogP contribution < -0.4 is 10.2 Å². The van der Waals surface area contributed by atoms with Crippen molar-refractivity contribution in [1.82, 2.24) is 5.32 Å². The number of phenols is 1. The second-order valence-corrected chi connectivity index (χ2v) is 6.31. The van der Waals surface area contributed by atoms with Crippen LogP contribution in [-0.4, -0.2) is 15.8 Å². The summed E-state index contributed by atoms with van der Waals surface area (Å²) >= 11 is 5.52. The first-order valence-corrected chi connectivity index (χ1v) is 7.32. The van der Waals surface area contributed by atoms with Gasteiger partial charge in [-0.1, -0.05) is 30.3 Å². The van der Waals surface area contributed by atoms with Crippen molar-refractivity contribution in [3.8, 4) is 5.75 Å². The topological polar surface area (TPSA) is 35.5 Å². The molecule has 2 aromatic carbocycles. The number of phenolic OH excluding ortho intramolecular Hbond substituents is 1. The van der Waals surface area contributed by atoms with E-state index in [0.717, 1.165) is 22.2 Å². The fraction of sp³-hybridized carbons (Fsp3) is 0.235. The highest BCUT2D eigenvalue weighted by Gasteiger charge is 2.29. The summed E-state index contributed by atoms with van der Waals surface area (Å²) in [5.41, 5.74) is 1.56. The Morgan fingerprint density at radius 3 is 2.57 bits per heavy atom. The van der Waals surface area contributed by atoms with Crippen LogP contribution in [0.4, 0.5) is 5.69 Å². The van der Waals surface area contributed by atoms with E-state index in [-0.39, 0.29) is 11.3 Å². The standard InChI is InChI=1S/C17H18N2OS/c1-11-10-17(2,3)18-16(21)19(11)15-13-7-5-4-6-12(13)8-9-14(15)20/h4-10,20H,1-3H3,(H,18,21). The maximum absolute atomic E-state index is 10.4. The molecule has 4 heteroatoms. The van der Waals surface area contributed by atoms with Crippen LogP contribution in [0.3, 0.4) is 0 Å². The molecule has 0 radical (unpaired) electrons. The largest absolute Gasteiger partial charge is 0.506 e. The summed E-state index contributed by atoms with van der Waals surface area (Å²) in [6, 6.07) is 11.6. The van der Waals surface area contributed by atoms with E-state index in [1.165, 1.54) is 0 Å². The number of fused-ring (bicyclic) bond motifs is 1. The highest BCUT2D eigenvalue weighted by molar-refractivity contribution is 7.80. The molecule has 3 nitrogen and oxygen atoms in total. The second kappa shape index (κ2) is 4.74. The number of anilines is 1. The Labute approximate surface area is 129 Å². The van der Waals surface area contributed by atoms with Gasteiger partial charge in [0.25, 0.3) is 0 Å². The number of rotatable bonds is 1. The predicted molar refractivity (Wildman–Crippen MR) is 91.7 cm³/mol. The van der Waals surface area contributed by atoms with Gasteiger partial charge in [-0.2, -0.15) is 0 Å². The average molecular weight is 298 g/mol. The maximum Gasteiger partial charge on any atom is 0.178 e. The molecule has 1 aliphatic heterocycles. The van der Waals surface area contributed by atoms with Crippen LogP contribution in [0.25, 0.3) is 10.8 Å². The van der Waals surface area contributed by atoms with E-state index in [2.05, 4.69) is 25.2 Å². The second-order valence-electron chi connectivity index (χ2n) is 5.93. The van der Waals surface area contributed by atoms with Crippen molar-refractivity contribution in [2.24, 2.45) is 0 Å². The molecule has 0 atom stereocenters. The number of nitrogens with one attached hydrogen (secondary N) is 1. The third-order valence-corrected chi connectivity index (χ3v) is 3.94. The highest BCUT2D eigenvalue weighted by Crippen LogP contribution is 2.39. The van der Waals surface area contributed by atoms with E-state index in [4.69, 9.17) is 12.2 Å². The molecule has 1 heterocycles. The first-order valence-electron chi connectivity index (χ1n) is 6.91. The molecule has 2 N–H and O–H groups in total. The molecule has 0 saturated heterocycles. The van der Waals surface area contributed by atoms with Crippen LogP contribution >= 0.6 is 12.2 Å². The van der Waals surface area contributed by atoms with Gasteiger partial charge in [0.05, 0.1) is 11.2 Å². The van der Waals surface area contributed by atoms with Crippen LogP contribution in [0.5, 0.6) is 5.75 Å². The summed E-state index contributed by atoms with van der Waals surface area (Å²) in [5.74, 6) is 0.227. The Hall–Kier alpha value is -2.07. The van der Waals surface area contributed by atoms with Gasteiger partial charge in [-0.15, -0.1) is 0 Å². The van der Waals surface area contributed by atoms with Gasteiger partial charge in [0.2, 0.25) is 0 Å². The van der Waals surface area contributed by atoms with Crippen molar-refractivity contribution in [2.75, 3.05) is 4.90 Å². The summed E-state index contributed by atoms with van der Waals surface area (Å²) in [4.78, 5) is 1.90. The lowest BCUT2D eigenvalue weighted by molar-refractivity contribution is 0.476. The van der Waals surface area contributed by atoms with E-state index >= 15 is 0 Å². The molecule has 2 aromatic rings. The Kier molecular flexibility index (Phi) is 3.14. The van der Waals surface area contributed by atoms with Crippen LogP contribution in [-0.2, 0) is 0 Å². The zero-order valence-corrected chi connectivity index (χ0v) is 13.2. The van der Waals surface area contributed by atoms with Gasteiger partial charge in [0.15, 0.2) is 5.11 Å². The zero-order chi connectivity index (χ0) is 15.2. The normalized spacial score (nSPS) is 17.6. The summed E-state index contributed by atoms with van der Waals surface area (Å²) in [7, 11) is 0. The minimum absolute atomic E-state index is 0.183. The average Bonchev–Trinajstić information content (AvgIpc) is 2.39. The molecular formula is C17H18N2OS. The molecule has 0 spiro atoms. The van der Waals surface area contributed by atoms with Crippen molar-refractivity contribution < 1.29 is 5.11 Å². The minimum atomic E-state index is -0.183. The number of aromatic hydroxyl groups is 1. The number of hydrogen-bond acceptors (Lipinski definition) is 2. The highest BCUT2D eigenvalue weighted by atomic mass is 32.1. The van der Waals surface area contributed by atoms with E-state index in [1.54, 1.807) is 6.07 Å². The Bertz CT molecular complexity index is 764. The number of hydrogen-bond donors (Lipinski definition) is 2. The molecule has 0 amide bonds. The molecule has 0 unspecified atom stereocenters. The van der Waals surface area contributed by atoms with Crippen LogP contribution in [0.1, 0.15) is 20.8 Å². The summed E-state index contributed by atoms with van der Waals surface area (Å²) in [5, 5.41) is 16.3. The van der Waals surface area contributed by atoms with Gasteiger partial charge in [-0.25, -0.2) is 0 Å². The number of thiocarbonyl (C=S) groups is 1. The Morgan fingerprint density at radius 1 is 1.14 bits per heavy atom. The predicted octanol–water partition coefficient (Wildman–Crippen LogP) is 3.92. The molecule has 0 fully saturated rings. The molecule has 3 rings (SSSR count). The summed E-state index contributed by atoms with van der Waals surface area (Å²) in [6.07, 6.45) is 2.12. The lowest BCUT2D eigenvalue weighted by Gasteiger charge is -2.38. The van der Waals surface area contributed by atoms with Gasteiger partial charge in [0, 0.05) is 11.1 Å². The first kappa shape index (κ1) is 13.9. The minimum Gasteiger partial charge on any atom is -0.506 e. The van der Waals surface area contributed by atoms with Crippen LogP contribution in [0.15, 0.2) is 48.2 Å². The SMILES string of the molecule is CC1=CC(C)(C)NC(=S)N1c1c(O)ccc2ccccc12. The third kappa shape index (κ3) is 2.36. The van der Waals surface area contributed by atoms with E-state index in [1.807, 2.05) is 42.2 Å². The third-order valence-electron chi connectivity index (χ3n) is 3.66. The van der Waals surface area contributed by atoms with Crippen LogP contribution in [0.2, 0.25) is 0 Å². The van der Waals surface area contributed by atoms with Crippen molar-refractivity contribution in [2.45, 2.75) is 26.3 Å². The summed E-state index contributed by atoms with van der Waals surface area (Å²) in [6.45, 7) is 6.16. The van der Waals surface area contributed by atoms with Crippen molar-refractivity contribution in [1.29, 1.82) is 0 Å². The molecule has 0 aromatic heterocycles. The molecule has 108 valence electrons. The Morgan fingerprint density at radius 2 is 1.86 bits per heavy atom. The molecule has 1 aliphatic rings. The number of nitrogens with zero attached hydrogens (tertiary/aromatic N) is 1. The van der Waals surface area contributed by atoms with Crippen LogP contribution in [0, 0.1) is 0 Å². The lowest BCUT2D eigenvalue weighted by Crippen LogP contribution is -2.53. The van der Waals surface area contributed by atoms with E-state index < -0.39 is 0 Å².